The minimum atomic E-state index is 0.275. The molecule has 0 bridgehead atoms. The monoisotopic (exact) mass is 225 g/mol. The molecule has 0 atom stereocenters. The van der Waals surface area contributed by atoms with Crippen molar-refractivity contribution in [1.29, 1.82) is 0 Å². The van der Waals surface area contributed by atoms with Gasteiger partial charge in [0.25, 0.3) is 0 Å². The number of hydrogen-bond donors (Lipinski definition) is 1. The van der Waals surface area contributed by atoms with Gasteiger partial charge in [-0.15, -0.1) is 0 Å². The molecule has 0 unspecified atom stereocenters. The third-order valence-corrected chi connectivity index (χ3v) is 2.08. The second kappa shape index (κ2) is 4.22. The quantitative estimate of drug-likeness (QED) is 0.848. The van der Waals surface area contributed by atoms with E-state index in [1.54, 1.807) is 13.1 Å². The normalized spacial score (nSPS) is 10.3. The van der Waals surface area contributed by atoms with Crippen LogP contribution in [-0.4, -0.2) is 25.4 Å². The van der Waals surface area contributed by atoms with Crippen molar-refractivity contribution in [3.63, 3.8) is 0 Å². The maximum Gasteiger partial charge on any atom is 0.317 e. The Morgan fingerprint density at radius 1 is 1.47 bits per heavy atom. The number of H-pyrrole nitrogens is 1. The highest BCUT2D eigenvalue weighted by molar-refractivity contribution is 6.31. The molecule has 0 aliphatic heterocycles. The Balaban J connectivity index is 2.02. The third kappa shape index (κ3) is 2.41. The molecule has 2 aromatic rings. The molecule has 1 N–H and O–H groups in total. The summed E-state index contributed by atoms with van der Waals surface area (Å²) < 4.78 is 5.28. The first-order valence-electron chi connectivity index (χ1n) is 4.22. The molecule has 2 heterocycles. The van der Waals surface area contributed by atoms with E-state index in [-0.39, 0.29) is 12.6 Å². The van der Waals surface area contributed by atoms with Crippen molar-refractivity contribution in [3.8, 4) is 6.01 Å². The summed E-state index contributed by atoms with van der Waals surface area (Å²) in [6.45, 7) is 2.06. The smallest absolute Gasteiger partial charge is 0.317 e. The van der Waals surface area contributed by atoms with Crippen LogP contribution in [0.25, 0.3) is 0 Å². The molecule has 7 heteroatoms. The van der Waals surface area contributed by atoms with Crippen LogP contribution in [0.3, 0.4) is 0 Å². The Labute approximate surface area is 90.7 Å². The van der Waals surface area contributed by atoms with Crippen molar-refractivity contribution >= 4 is 11.6 Å². The lowest BCUT2D eigenvalue weighted by Gasteiger charge is -2.02. The van der Waals surface area contributed by atoms with Crippen LogP contribution in [0.5, 0.6) is 6.01 Å². The molecule has 2 aromatic heterocycles. The molecule has 0 aromatic carbocycles. The molecule has 0 saturated heterocycles. The summed E-state index contributed by atoms with van der Waals surface area (Å²) in [5, 5.41) is 10.5. The number of rotatable bonds is 3. The van der Waals surface area contributed by atoms with Gasteiger partial charge in [0, 0.05) is 0 Å². The highest BCUT2D eigenvalue weighted by atomic mass is 35.5. The summed E-state index contributed by atoms with van der Waals surface area (Å²) in [7, 11) is 0. The standard InChI is InChI=1S/C8H8ClN5O/c1-5-7(9)3-10-8(12-5)15-4-6-2-11-14-13-6/h2-3H,4H2,1H3,(H,11,13,14). The van der Waals surface area contributed by atoms with E-state index in [2.05, 4.69) is 25.4 Å². The Bertz CT molecular complexity index is 444. The van der Waals surface area contributed by atoms with Gasteiger partial charge in [0.15, 0.2) is 0 Å². The average Bonchev–Trinajstić information content (AvgIpc) is 2.73. The van der Waals surface area contributed by atoms with Gasteiger partial charge >= 0.3 is 6.01 Å². The Morgan fingerprint density at radius 2 is 2.33 bits per heavy atom. The van der Waals surface area contributed by atoms with Gasteiger partial charge in [-0.25, -0.2) is 4.98 Å². The van der Waals surface area contributed by atoms with E-state index < -0.39 is 0 Å². The first-order valence-corrected chi connectivity index (χ1v) is 4.60. The van der Waals surface area contributed by atoms with Crippen LogP contribution in [0.15, 0.2) is 12.4 Å². The van der Waals surface area contributed by atoms with Gasteiger partial charge in [-0.2, -0.15) is 20.4 Å². The Kier molecular flexibility index (Phi) is 2.77. The molecular weight excluding hydrogens is 218 g/mol. The van der Waals surface area contributed by atoms with Crippen LogP contribution in [0, 0.1) is 6.92 Å². The molecule has 0 radical (unpaired) electrons. The van der Waals surface area contributed by atoms with Gasteiger partial charge in [-0.1, -0.05) is 11.6 Å². The summed E-state index contributed by atoms with van der Waals surface area (Å²) in [6.07, 6.45) is 3.07. The second-order valence-electron chi connectivity index (χ2n) is 2.84. The van der Waals surface area contributed by atoms with Crippen LogP contribution in [0.2, 0.25) is 5.02 Å². The minimum absolute atomic E-state index is 0.275. The lowest BCUT2D eigenvalue weighted by Crippen LogP contribution is -2.00. The van der Waals surface area contributed by atoms with E-state index in [9.17, 15) is 0 Å². The predicted octanol–water partition coefficient (Wildman–Crippen LogP) is 1.14. The SMILES string of the molecule is Cc1nc(OCc2cn[nH]n2)ncc1Cl. The van der Waals surface area contributed by atoms with E-state index in [1.807, 2.05) is 0 Å². The Morgan fingerprint density at radius 3 is 3.00 bits per heavy atom. The lowest BCUT2D eigenvalue weighted by molar-refractivity contribution is 0.275. The van der Waals surface area contributed by atoms with Crippen molar-refractivity contribution in [1.82, 2.24) is 25.4 Å². The molecule has 0 amide bonds. The van der Waals surface area contributed by atoms with Crippen LogP contribution in [-0.2, 0) is 6.61 Å². The fourth-order valence-corrected chi connectivity index (χ4v) is 1.03. The van der Waals surface area contributed by atoms with Crippen molar-refractivity contribution in [2.45, 2.75) is 13.5 Å². The zero-order chi connectivity index (χ0) is 10.7. The van der Waals surface area contributed by atoms with Gasteiger partial charge in [0.05, 0.1) is 23.1 Å². The van der Waals surface area contributed by atoms with Crippen LogP contribution in [0.4, 0.5) is 0 Å². The van der Waals surface area contributed by atoms with Crippen LogP contribution >= 0.6 is 11.6 Å². The topological polar surface area (TPSA) is 76.6 Å². The van der Waals surface area contributed by atoms with Gasteiger partial charge in [-0.3, -0.25) is 0 Å². The zero-order valence-electron chi connectivity index (χ0n) is 7.94. The number of halogens is 1. The molecule has 0 aliphatic rings. The highest BCUT2D eigenvalue weighted by Crippen LogP contribution is 2.13. The van der Waals surface area contributed by atoms with Crippen molar-refractivity contribution in [3.05, 3.63) is 28.8 Å². The molecule has 15 heavy (non-hydrogen) atoms. The molecule has 0 saturated carbocycles. The van der Waals surface area contributed by atoms with E-state index in [0.717, 1.165) is 0 Å². The van der Waals surface area contributed by atoms with E-state index in [1.165, 1.54) is 6.20 Å². The van der Waals surface area contributed by atoms with E-state index in [0.29, 0.717) is 16.4 Å². The Hall–Kier alpha value is -1.69. The van der Waals surface area contributed by atoms with E-state index in [4.69, 9.17) is 16.3 Å². The molecule has 0 spiro atoms. The molecule has 2 rings (SSSR count). The van der Waals surface area contributed by atoms with Gasteiger partial charge < -0.3 is 4.74 Å². The average molecular weight is 226 g/mol. The summed E-state index contributed by atoms with van der Waals surface area (Å²) >= 11 is 5.77. The summed E-state index contributed by atoms with van der Waals surface area (Å²) in [6, 6.07) is 0.278. The molecule has 78 valence electrons. The van der Waals surface area contributed by atoms with E-state index >= 15 is 0 Å². The molecular formula is C8H8ClN5O. The molecule has 6 nitrogen and oxygen atoms in total. The lowest BCUT2D eigenvalue weighted by atomic mass is 10.5. The van der Waals surface area contributed by atoms with Crippen LogP contribution < -0.4 is 4.74 Å². The van der Waals surface area contributed by atoms with Crippen molar-refractivity contribution < 1.29 is 4.74 Å². The highest BCUT2D eigenvalue weighted by Gasteiger charge is 2.03. The number of nitrogens with zero attached hydrogens (tertiary/aromatic N) is 4. The first-order chi connectivity index (χ1) is 7.25. The predicted molar refractivity (Wildman–Crippen MR) is 52.5 cm³/mol. The number of aromatic amines is 1. The fraction of sp³-hybridized carbons (Fsp3) is 0.250. The number of aromatic nitrogens is 5. The van der Waals surface area contributed by atoms with Gasteiger partial charge in [0.2, 0.25) is 0 Å². The minimum Gasteiger partial charge on any atom is -0.457 e. The number of hydrogen-bond acceptors (Lipinski definition) is 5. The molecule has 0 aliphatic carbocycles. The summed E-state index contributed by atoms with van der Waals surface area (Å²) in [5.41, 5.74) is 1.37. The van der Waals surface area contributed by atoms with Crippen molar-refractivity contribution in [2.24, 2.45) is 0 Å². The van der Waals surface area contributed by atoms with Crippen molar-refractivity contribution in [2.75, 3.05) is 0 Å². The van der Waals surface area contributed by atoms with Gasteiger partial charge in [-0.05, 0) is 6.92 Å². The summed E-state index contributed by atoms with van der Waals surface area (Å²) in [5.74, 6) is 0. The first kappa shape index (κ1) is 9.85. The maximum absolute atomic E-state index is 5.77. The molecule has 0 fully saturated rings. The maximum atomic E-state index is 5.77. The number of aryl methyl sites for hydroxylation is 1. The van der Waals surface area contributed by atoms with Gasteiger partial charge in [0.1, 0.15) is 12.3 Å². The fourth-order valence-electron chi connectivity index (χ4n) is 0.934. The second-order valence-corrected chi connectivity index (χ2v) is 3.24. The summed E-state index contributed by atoms with van der Waals surface area (Å²) in [4.78, 5) is 7.96. The largest absolute Gasteiger partial charge is 0.457 e. The zero-order valence-corrected chi connectivity index (χ0v) is 8.69. The third-order valence-electron chi connectivity index (χ3n) is 1.71. The number of nitrogens with one attached hydrogen (secondary N) is 1. The number of ether oxygens (including phenoxy) is 1. The van der Waals surface area contributed by atoms with Crippen LogP contribution in [0.1, 0.15) is 11.4 Å².